The van der Waals surface area contributed by atoms with Crippen molar-refractivity contribution in [3.63, 3.8) is 0 Å². The van der Waals surface area contributed by atoms with Crippen LogP contribution in [-0.2, 0) is 11.2 Å². The molecule has 2 atom stereocenters. The molecular formula is C15H16N2O2S2. The number of aromatic nitrogens is 1. The Morgan fingerprint density at radius 3 is 2.86 bits per heavy atom. The lowest BCUT2D eigenvalue weighted by atomic mass is 9.93. The Hall–Kier alpha value is -1.53. The highest BCUT2D eigenvalue weighted by molar-refractivity contribution is 8.22. The number of nitrogens with one attached hydrogen (secondary N) is 1. The number of aromatic amines is 1. The molecule has 21 heavy (non-hydrogen) atoms. The number of hydrogen-bond acceptors (Lipinski definition) is 3. The number of benzene rings is 1. The maximum Gasteiger partial charge on any atom is 0.326 e. The van der Waals surface area contributed by atoms with Crippen LogP contribution in [0.3, 0.4) is 0 Å². The van der Waals surface area contributed by atoms with Crippen molar-refractivity contribution in [2.45, 2.75) is 25.4 Å². The monoisotopic (exact) mass is 320 g/mol. The van der Waals surface area contributed by atoms with Crippen molar-refractivity contribution in [2.75, 3.05) is 6.26 Å². The molecule has 1 aromatic carbocycles. The smallest absolute Gasteiger partial charge is 0.326 e. The first-order valence-electron chi connectivity index (χ1n) is 6.73. The van der Waals surface area contributed by atoms with Gasteiger partial charge in [-0.3, -0.25) is 0 Å². The van der Waals surface area contributed by atoms with Gasteiger partial charge in [0.15, 0.2) is 0 Å². The molecule has 6 heteroatoms. The summed E-state index contributed by atoms with van der Waals surface area (Å²) < 4.78 is 0.624. The SMILES string of the molecule is CSC(=S)N1[C@@H](C(=O)O)Cc2c([nH]c3ccccc23)[C@@H]1C. The lowest BCUT2D eigenvalue weighted by molar-refractivity contribution is -0.142. The van der Waals surface area contributed by atoms with Crippen molar-refractivity contribution >= 4 is 45.2 Å². The summed E-state index contributed by atoms with van der Waals surface area (Å²) >= 11 is 6.79. The maximum atomic E-state index is 11.7. The van der Waals surface area contributed by atoms with Crippen LogP contribution in [0.2, 0.25) is 0 Å². The minimum atomic E-state index is -0.825. The van der Waals surface area contributed by atoms with Crippen molar-refractivity contribution in [1.29, 1.82) is 0 Å². The van der Waals surface area contributed by atoms with Crippen molar-refractivity contribution in [3.8, 4) is 0 Å². The number of carboxylic acids is 1. The van der Waals surface area contributed by atoms with Crippen molar-refractivity contribution in [1.82, 2.24) is 9.88 Å². The van der Waals surface area contributed by atoms with Crippen LogP contribution in [-0.4, -0.2) is 37.6 Å². The van der Waals surface area contributed by atoms with Gasteiger partial charge in [-0.15, -0.1) is 11.8 Å². The number of nitrogens with zero attached hydrogens (tertiary/aromatic N) is 1. The summed E-state index contributed by atoms with van der Waals surface area (Å²) in [5, 5.41) is 10.7. The van der Waals surface area contributed by atoms with Crippen LogP contribution in [0.4, 0.5) is 0 Å². The van der Waals surface area contributed by atoms with E-state index in [9.17, 15) is 9.90 Å². The molecule has 2 heterocycles. The lowest BCUT2D eigenvalue weighted by Gasteiger charge is -2.39. The summed E-state index contributed by atoms with van der Waals surface area (Å²) in [7, 11) is 0. The number of carboxylic acid groups (broad SMARTS) is 1. The number of fused-ring (bicyclic) bond motifs is 3. The van der Waals surface area contributed by atoms with E-state index in [1.807, 2.05) is 42.3 Å². The topological polar surface area (TPSA) is 56.3 Å². The van der Waals surface area contributed by atoms with Gasteiger partial charge in [-0.05, 0) is 24.8 Å². The summed E-state index contributed by atoms with van der Waals surface area (Å²) in [6.07, 6.45) is 2.36. The first-order valence-corrected chi connectivity index (χ1v) is 8.36. The normalized spacial score (nSPS) is 21.3. The van der Waals surface area contributed by atoms with Gasteiger partial charge >= 0.3 is 5.97 Å². The van der Waals surface area contributed by atoms with Crippen LogP contribution < -0.4 is 0 Å². The van der Waals surface area contributed by atoms with E-state index in [-0.39, 0.29) is 6.04 Å². The molecule has 4 nitrogen and oxygen atoms in total. The van der Waals surface area contributed by atoms with Gasteiger partial charge in [0.05, 0.1) is 6.04 Å². The van der Waals surface area contributed by atoms with Gasteiger partial charge in [0.1, 0.15) is 10.4 Å². The standard InChI is InChI=1S/C15H16N2O2S2/c1-8-13-10(9-5-3-4-6-11(9)16-13)7-12(14(18)19)17(8)15(20)21-2/h3-6,8,12,16H,7H2,1-2H3,(H,18,19)/t8-,12+/m0/s1. The Balaban J connectivity index is 2.16. The molecule has 1 aliphatic heterocycles. The summed E-state index contributed by atoms with van der Waals surface area (Å²) in [5.41, 5.74) is 3.23. The number of H-pyrrole nitrogens is 1. The van der Waals surface area contributed by atoms with Crippen molar-refractivity contribution in [2.24, 2.45) is 0 Å². The molecule has 0 fully saturated rings. The van der Waals surface area contributed by atoms with Gasteiger partial charge in [0.25, 0.3) is 0 Å². The molecule has 0 saturated heterocycles. The molecule has 0 spiro atoms. The number of aliphatic carboxylic acids is 1. The van der Waals surface area contributed by atoms with E-state index in [1.54, 1.807) is 0 Å². The summed E-state index contributed by atoms with van der Waals surface area (Å²) in [4.78, 5) is 16.9. The van der Waals surface area contributed by atoms with E-state index in [4.69, 9.17) is 12.2 Å². The first-order chi connectivity index (χ1) is 10.0. The highest BCUT2D eigenvalue weighted by atomic mass is 32.2. The largest absolute Gasteiger partial charge is 0.480 e. The minimum Gasteiger partial charge on any atom is -0.480 e. The van der Waals surface area contributed by atoms with Crippen LogP contribution in [0.15, 0.2) is 24.3 Å². The zero-order valence-corrected chi connectivity index (χ0v) is 13.4. The van der Waals surface area contributed by atoms with E-state index in [2.05, 4.69) is 4.98 Å². The second kappa shape index (κ2) is 5.35. The Morgan fingerprint density at radius 1 is 1.48 bits per heavy atom. The third kappa shape index (κ3) is 2.22. The molecule has 0 aliphatic carbocycles. The Bertz CT molecular complexity index is 726. The molecule has 3 rings (SSSR count). The number of thiocarbonyl (C=S) groups is 1. The second-order valence-electron chi connectivity index (χ2n) is 5.17. The number of rotatable bonds is 1. The summed E-state index contributed by atoms with van der Waals surface area (Å²) in [5.74, 6) is -0.825. The average molecular weight is 320 g/mol. The Morgan fingerprint density at radius 2 is 2.19 bits per heavy atom. The summed E-state index contributed by atoms with van der Waals surface area (Å²) in [6.45, 7) is 2.01. The Kier molecular flexibility index (Phi) is 3.67. The number of hydrogen-bond donors (Lipinski definition) is 2. The molecule has 0 unspecified atom stereocenters. The van der Waals surface area contributed by atoms with Crippen LogP contribution in [0.25, 0.3) is 10.9 Å². The zero-order chi connectivity index (χ0) is 15.1. The molecule has 0 bridgehead atoms. The number of carbonyl (C=O) groups is 1. The average Bonchev–Trinajstić information content (AvgIpc) is 2.85. The van der Waals surface area contributed by atoms with E-state index in [0.29, 0.717) is 10.7 Å². The molecule has 2 aromatic rings. The molecular weight excluding hydrogens is 304 g/mol. The summed E-state index contributed by atoms with van der Waals surface area (Å²) in [6, 6.07) is 7.35. The van der Waals surface area contributed by atoms with Crippen LogP contribution in [0.1, 0.15) is 24.2 Å². The van der Waals surface area contributed by atoms with E-state index >= 15 is 0 Å². The predicted octanol–water partition coefficient (Wildman–Crippen LogP) is 3.19. The maximum absolute atomic E-state index is 11.7. The van der Waals surface area contributed by atoms with Gasteiger partial charge in [-0.1, -0.05) is 30.4 Å². The fourth-order valence-electron chi connectivity index (χ4n) is 3.10. The predicted molar refractivity (Wildman–Crippen MR) is 89.8 cm³/mol. The third-order valence-corrected chi connectivity index (χ3v) is 5.36. The Labute approximate surface area is 132 Å². The number of para-hydroxylation sites is 1. The fourth-order valence-corrected chi connectivity index (χ4v) is 3.88. The molecule has 1 aliphatic rings. The molecule has 1 aromatic heterocycles. The molecule has 110 valence electrons. The van der Waals surface area contributed by atoms with Gasteiger partial charge in [-0.25, -0.2) is 4.79 Å². The van der Waals surface area contributed by atoms with E-state index in [0.717, 1.165) is 22.2 Å². The van der Waals surface area contributed by atoms with Crippen LogP contribution in [0.5, 0.6) is 0 Å². The minimum absolute atomic E-state index is 0.0674. The first kappa shape index (κ1) is 14.4. The van der Waals surface area contributed by atoms with Gasteiger partial charge in [0, 0.05) is 23.0 Å². The highest BCUT2D eigenvalue weighted by Gasteiger charge is 2.39. The van der Waals surface area contributed by atoms with Gasteiger partial charge in [-0.2, -0.15) is 0 Å². The zero-order valence-electron chi connectivity index (χ0n) is 11.8. The quantitative estimate of drug-likeness (QED) is 0.790. The van der Waals surface area contributed by atoms with Crippen LogP contribution in [0, 0.1) is 0 Å². The molecule has 0 amide bonds. The third-order valence-electron chi connectivity index (χ3n) is 4.09. The van der Waals surface area contributed by atoms with E-state index in [1.165, 1.54) is 11.8 Å². The second-order valence-corrected chi connectivity index (χ2v) is 6.61. The van der Waals surface area contributed by atoms with E-state index < -0.39 is 12.0 Å². The fraction of sp³-hybridized carbons (Fsp3) is 0.333. The van der Waals surface area contributed by atoms with Crippen molar-refractivity contribution in [3.05, 3.63) is 35.5 Å². The molecule has 0 radical (unpaired) electrons. The van der Waals surface area contributed by atoms with Gasteiger partial charge in [0.2, 0.25) is 0 Å². The molecule has 0 saturated carbocycles. The lowest BCUT2D eigenvalue weighted by Crippen LogP contribution is -2.49. The number of thioether (sulfide) groups is 1. The highest BCUT2D eigenvalue weighted by Crippen LogP contribution is 2.38. The molecule has 2 N–H and O–H groups in total. The van der Waals surface area contributed by atoms with Gasteiger partial charge < -0.3 is 15.0 Å². The van der Waals surface area contributed by atoms with Crippen LogP contribution >= 0.6 is 24.0 Å². The van der Waals surface area contributed by atoms with Crippen molar-refractivity contribution < 1.29 is 9.90 Å².